The maximum absolute atomic E-state index is 13.4. The fourth-order valence-electron chi connectivity index (χ4n) is 6.03. The number of aromatic hydroxyl groups is 1. The normalized spacial score (nSPS) is 14.9. The molecule has 1 unspecified atom stereocenters. The summed E-state index contributed by atoms with van der Waals surface area (Å²) in [7, 11) is 2.15. The van der Waals surface area contributed by atoms with Crippen LogP contribution in [0.4, 0.5) is 5.82 Å². The van der Waals surface area contributed by atoms with Gasteiger partial charge in [0.25, 0.3) is 0 Å². The van der Waals surface area contributed by atoms with Gasteiger partial charge in [0.2, 0.25) is 0 Å². The first kappa shape index (κ1) is 30.2. The lowest BCUT2D eigenvalue weighted by Gasteiger charge is -2.32. The monoisotopic (exact) mass is 624 g/mol. The van der Waals surface area contributed by atoms with Crippen molar-refractivity contribution in [1.82, 2.24) is 34.5 Å². The molecule has 45 heavy (non-hydrogen) atoms. The van der Waals surface area contributed by atoms with Gasteiger partial charge in [-0.1, -0.05) is 36.4 Å². The largest absolute Gasteiger partial charge is 0.506 e. The standard InChI is InChI=1S/C33H32N8O3.ClH/c1-20(41-32-28(31(34)36-19-37-32)29(38-41)23-15-24(42)17-35-16-23)30-27(25-8-3-4-9-26(25)33(43)44-30)22-7-5-6-21(14-22)18-40-12-10-39(2)11-13-40;/h3-9,14-17,19-20,42H,10-13,18H2,1-2H3,(H2,34,36,37);1H. The van der Waals surface area contributed by atoms with E-state index in [0.717, 1.165) is 49.2 Å². The van der Waals surface area contributed by atoms with Gasteiger partial charge in [0.05, 0.1) is 17.0 Å². The molecule has 1 fully saturated rings. The van der Waals surface area contributed by atoms with Gasteiger partial charge in [-0.25, -0.2) is 19.4 Å². The van der Waals surface area contributed by atoms with Crippen LogP contribution in [0.1, 0.15) is 24.3 Å². The molecule has 2 aromatic carbocycles. The second-order valence-electron chi connectivity index (χ2n) is 11.3. The summed E-state index contributed by atoms with van der Waals surface area (Å²) < 4.78 is 7.84. The Kier molecular flexibility index (Phi) is 8.24. The van der Waals surface area contributed by atoms with Crippen molar-refractivity contribution in [1.29, 1.82) is 0 Å². The van der Waals surface area contributed by atoms with E-state index in [-0.39, 0.29) is 24.0 Å². The van der Waals surface area contributed by atoms with Gasteiger partial charge in [-0.05, 0) is 43.3 Å². The van der Waals surface area contributed by atoms with Crippen molar-refractivity contribution >= 4 is 40.0 Å². The van der Waals surface area contributed by atoms with E-state index in [9.17, 15) is 9.90 Å². The third kappa shape index (κ3) is 5.61. The van der Waals surface area contributed by atoms with Gasteiger partial charge in [0.15, 0.2) is 5.65 Å². The Balaban J connectivity index is 0.00000357. The molecule has 11 nitrogen and oxygen atoms in total. The highest BCUT2D eigenvalue weighted by Crippen LogP contribution is 2.38. The molecule has 1 aliphatic heterocycles. The minimum absolute atomic E-state index is 0. The highest BCUT2D eigenvalue weighted by molar-refractivity contribution is 5.99. The van der Waals surface area contributed by atoms with Gasteiger partial charge in [0, 0.05) is 55.4 Å². The van der Waals surface area contributed by atoms with Crippen LogP contribution in [0.2, 0.25) is 0 Å². The van der Waals surface area contributed by atoms with E-state index in [1.54, 1.807) is 23.0 Å². The van der Waals surface area contributed by atoms with E-state index in [1.807, 2.05) is 25.1 Å². The fraction of sp³-hybridized carbons (Fsp3) is 0.242. The van der Waals surface area contributed by atoms with Crippen LogP contribution in [0.15, 0.2) is 82.5 Å². The summed E-state index contributed by atoms with van der Waals surface area (Å²) in [4.78, 5) is 31.0. The summed E-state index contributed by atoms with van der Waals surface area (Å²) in [6.07, 6.45) is 4.32. The molecule has 4 aromatic heterocycles. The molecule has 230 valence electrons. The summed E-state index contributed by atoms with van der Waals surface area (Å²) in [6, 6.07) is 16.9. The van der Waals surface area contributed by atoms with Gasteiger partial charge in [-0.15, -0.1) is 12.4 Å². The zero-order valence-electron chi connectivity index (χ0n) is 24.9. The van der Waals surface area contributed by atoms with Crippen molar-refractivity contribution in [2.75, 3.05) is 39.0 Å². The zero-order chi connectivity index (χ0) is 30.4. The van der Waals surface area contributed by atoms with E-state index in [2.05, 4.69) is 56.1 Å². The topological polar surface area (TPSA) is 139 Å². The molecule has 6 aromatic rings. The Morgan fingerprint density at radius 1 is 0.978 bits per heavy atom. The molecule has 0 aliphatic carbocycles. The summed E-state index contributed by atoms with van der Waals surface area (Å²) in [5.41, 5.74) is 10.3. The molecule has 7 rings (SSSR count). The third-order valence-electron chi connectivity index (χ3n) is 8.34. The van der Waals surface area contributed by atoms with Crippen LogP contribution in [0.3, 0.4) is 0 Å². The summed E-state index contributed by atoms with van der Waals surface area (Å²) >= 11 is 0. The SMILES string of the molecule is CC(c1oc(=O)c2ccccc2c1-c1cccc(CN2CCN(C)CC2)c1)n1nc(-c2cncc(O)c2)c2c(N)ncnc21.Cl. The number of halogens is 1. The molecule has 0 amide bonds. The second kappa shape index (κ2) is 12.3. The van der Waals surface area contributed by atoms with Crippen molar-refractivity contribution in [2.24, 2.45) is 0 Å². The number of aromatic nitrogens is 5. The molecular weight excluding hydrogens is 592 g/mol. The minimum atomic E-state index is -0.570. The molecular formula is C33H33ClN8O3. The Labute approximate surface area is 265 Å². The number of nitrogen functional groups attached to an aromatic ring is 1. The lowest BCUT2D eigenvalue weighted by Crippen LogP contribution is -2.43. The highest BCUT2D eigenvalue weighted by atomic mass is 35.5. The quantitative estimate of drug-likeness (QED) is 0.267. The molecule has 0 bridgehead atoms. The number of hydrogen-bond donors (Lipinski definition) is 2. The maximum Gasteiger partial charge on any atom is 0.343 e. The van der Waals surface area contributed by atoms with Crippen LogP contribution in [0.5, 0.6) is 5.75 Å². The predicted molar refractivity (Wildman–Crippen MR) is 176 cm³/mol. The van der Waals surface area contributed by atoms with Crippen molar-refractivity contribution in [3.8, 4) is 28.1 Å². The first-order valence-corrected chi connectivity index (χ1v) is 14.6. The number of fused-ring (bicyclic) bond motifs is 2. The number of anilines is 1. The maximum atomic E-state index is 13.4. The Hall–Kier alpha value is -4.84. The molecule has 12 heteroatoms. The number of benzene rings is 2. The second-order valence-corrected chi connectivity index (χ2v) is 11.3. The van der Waals surface area contributed by atoms with Crippen LogP contribution in [0.25, 0.3) is 44.2 Å². The van der Waals surface area contributed by atoms with Gasteiger partial charge in [-0.2, -0.15) is 5.10 Å². The van der Waals surface area contributed by atoms with Gasteiger partial charge >= 0.3 is 5.63 Å². The summed E-state index contributed by atoms with van der Waals surface area (Å²) in [5, 5.41) is 16.8. The van der Waals surface area contributed by atoms with Gasteiger partial charge in [0.1, 0.15) is 35.4 Å². The Morgan fingerprint density at radius 2 is 1.76 bits per heavy atom. The molecule has 3 N–H and O–H groups in total. The molecule has 0 spiro atoms. The average molecular weight is 625 g/mol. The number of rotatable bonds is 6. The van der Waals surface area contributed by atoms with Crippen molar-refractivity contribution in [3.05, 3.63) is 95.1 Å². The van der Waals surface area contributed by atoms with Crippen LogP contribution < -0.4 is 11.4 Å². The molecule has 0 saturated carbocycles. The average Bonchev–Trinajstić information content (AvgIpc) is 3.43. The number of likely N-dealkylation sites (N-methyl/N-ethyl adjacent to an activating group) is 1. The van der Waals surface area contributed by atoms with Crippen LogP contribution in [-0.4, -0.2) is 72.9 Å². The summed E-state index contributed by atoms with van der Waals surface area (Å²) in [5.74, 6) is 0.684. The van der Waals surface area contributed by atoms with Crippen LogP contribution >= 0.6 is 12.4 Å². The number of piperazine rings is 1. The molecule has 0 radical (unpaired) electrons. The smallest absolute Gasteiger partial charge is 0.343 e. The van der Waals surface area contributed by atoms with Gasteiger partial charge in [-0.3, -0.25) is 9.88 Å². The minimum Gasteiger partial charge on any atom is -0.506 e. The van der Waals surface area contributed by atoms with Crippen LogP contribution in [0, 0.1) is 0 Å². The van der Waals surface area contributed by atoms with E-state index < -0.39 is 11.7 Å². The molecule has 1 saturated heterocycles. The zero-order valence-corrected chi connectivity index (χ0v) is 25.7. The van der Waals surface area contributed by atoms with Crippen molar-refractivity contribution in [3.63, 3.8) is 0 Å². The Morgan fingerprint density at radius 3 is 2.53 bits per heavy atom. The highest BCUT2D eigenvalue weighted by Gasteiger charge is 2.27. The number of nitrogens with zero attached hydrogens (tertiary/aromatic N) is 7. The summed E-state index contributed by atoms with van der Waals surface area (Å²) in [6.45, 7) is 6.87. The fourth-order valence-corrected chi connectivity index (χ4v) is 6.03. The lowest BCUT2D eigenvalue weighted by atomic mass is 9.94. The van der Waals surface area contributed by atoms with Crippen LogP contribution in [-0.2, 0) is 6.54 Å². The van der Waals surface area contributed by atoms with Crippen molar-refractivity contribution in [2.45, 2.75) is 19.5 Å². The third-order valence-corrected chi connectivity index (χ3v) is 8.34. The Bertz CT molecular complexity index is 2070. The number of nitrogens with two attached hydrogens (primary N) is 1. The molecule has 1 atom stereocenters. The predicted octanol–water partition coefficient (Wildman–Crippen LogP) is 4.73. The first-order valence-electron chi connectivity index (χ1n) is 14.6. The van der Waals surface area contributed by atoms with E-state index in [4.69, 9.17) is 15.2 Å². The van der Waals surface area contributed by atoms with E-state index in [0.29, 0.717) is 33.4 Å². The first-order chi connectivity index (χ1) is 21.4. The lowest BCUT2D eigenvalue weighted by molar-refractivity contribution is 0.148. The molecule has 1 aliphatic rings. The molecule has 5 heterocycles. The van der Waals surface area contributed by atoms with Gasteiger partial charge < -0.3 is 20.2 Å². The number of hydrogen-bond acceptors (Lipinski definition) is 10. The van der Waals surface area contributed by atoms with E-state index in [1.165, 1.54) is 18.1 Å². The van der Waals surface area contributed by atoms with Crippen molar-refractivity contribution < 1.29 is 9.52 Å². The number of pyridine rings is 1. The van der Waals surface area contributed by atoms with E-state index >= 15 is 0 Å².